The molecule has 3 heteroatoms. The zero-order valence-corrected chi connectivity index (χ0v) is 9.91. The van der Waals surface area contributed by atoms with E-state index in [9.17, 15) is 4.79 Å². The summed E-state index contributed by atoms with van der Waals surface area (Å²) in [5, 5.41) is 6.59. The van der Waals surface area contributed by atoms with Crippen LogP contribution in [0, 0.1) is 0 Å². The molecule has 1 heterocycles. The van der Waals surface area contributed by atoms with Crippen LogP contribution in [0.1, 0.15) is 36.4 Å². The first-order valence-corrected chi connectivity index (χ1v) is 6.43. The van der Waals surface area contributed by atoms with Gasteiger partial charge in [-0.05, 0) is 30.4 Å². The molecule has 1 aromatic carbocycles. The first-order chi connectivity index (χ1) is 8.33. The molecule has 0 bridgehead atoms. The standard InChI is InChI=1S/C14H18N2O/c17-14-8-6-11(16-14)9-15-13-7-5-10-3-1-2-4-12(10)13/h1-4,11,13,15H,5-9H2,(H,16,17). The zero-order valence-electron chi connectivity index (χ0n) is 9.91. The van der Waals surface area contributed by atoms with Gasteiger partial charge < -0.3 is 10.6 Å². The Morgan fingerprint density at radius 1 is 1.24 bits per heavy atom. The maximum absolute atomic E-state index is 11.1. The predicted octanol–water partition coefficient (Wildman–Crippen LogP) is 1.54. The van der Waals surface area contributed by atoms with Crippen molar-refractivity contribution in [2.45, 2.75) is 37.8 Å². The third-order valence-corrected chi connectivity index (χ3v) is 3.83. The van der Waals surface area contributed by atoms with Crippen LogP contribution in [0.15, 0.2) is 24.3 Å². The van der Waals surface area contributed by atoms with Crippen molar-refractivity contribution >= 4 is 5.91 Å². The number of amides is 1. The predicted molar refractivity (Wildman–Crippen MR) is 66.7 cm³/mol. The van der Waals surface area contributed by atoms with Crippen LogP contribution >= 0.6 is 0 Å². The van der Waals surface area contributed by atoms with Crippen LogP contribution in [-0.4, -0.2) is 18.5 Å². The van der Waals surface area contributed by atoms with Crippen molar-refractivity contribution in [3.63, 3.8) is 0 Å². The van der Waals surface area contributed by atoms with Gasteiger partial charge in [-0.3, -0.25) is 4.79 Å². The zero-order chi connectivity index (χ0) is 11.7. The Labute approximate surface area is 102 Å². The topological polar surface area (TPSA) is 41.1 Å². The van der Waals surface area contributed by atoms with Crippen LogP contribution in [0.4, 0.5) is 0 Å². The highest BCUT2D eigenvalue weighted by atomic mass is 16.1. The highest BCUT2D eigenvalue weighted by molar-refractivity contribution is 5.78. The lowest BCUT2D eigenvalue weighted by Gasteiger charge is -2.17. The number of fused-ring (bicyclic) bond motifs is 1. The van der Waals surface area contributed by atoms with E-state index in [4.69, 9.17) is 0 Å². The molecule has 0 aromatic heterocycles. The number of carbonyl (C=O) groups is 1. The average Bonchev–Trinajstić information content (AvgIpc) is 2.93. The number of benzene rings is 1. The van der Waals surface area contributed by atoms with Gasteiger partial charge >= 0.3 is 0 Å². The summed E-state index contributed by atoms with van der Waals surface area (Å²) in [5.41, 5.74) is 2.91. The van der Waals surface area contributed by atoms with E-state index < -0.39 is 0 Å². The minimum Gasteiger partial charge on any atom is -0.352 e. The van der Waals surface area contributed by atoms with Gasteiger partial charge in [-0.15, -0.1) is 0 Å². The monoisotopic (exact) mass is 230 g/mol. The van der Waals surface area contributed by atoms with Crippen molar-refractivity contribution in [3.05, 3.63) is 35.4 Å². The van der Waals surface area contributed by atoms with Crippen LogP contribution in [0.25, 0.3) is 0 Å². The molecule has 1 amide bonds. The molecule has 2 atom stereocenters. The Morgan fingerprint density at radius 3 is 2.94 bits per heavy atom. The number of nitrogens with one attached hydrogen (secondary N) is 2. The van der Waals surface area contributed by atoms with Gasteiger partial charge in [0.1, 0.15) is 0 Å². The van der Waals surface area contributed by atoms with Gasteiger partial charge in [0.2, 0.25) is 5.91 Å². The van der Waals surface area contributed by atoms with Gasteiger partial charge in [-0.25, -0.2) is 0 Å². The van der Waals surface area contributed by atoms with Crippen LogP contribution < -0.4 is 10.6 Å². The van der Waals surface area contributed by atoms with E-state index in [1.807, 2.05) is 0 Å². The molecule has 3 nitrogen and oxygen atoms in total. The summed E-state index contributed by atoms with van der Waals surface area (Å²) >= 11 is 0. The summed E-state index contributed by atoms with van der Waals surface area (Å²) in [6, 6.07) is 9.45. The quantitative estimate of drug-likeness (QED) is 0.827. The third kappa shape index (κ3) is 2.20. The summed E-state index contributed by atoms with van der Waals surface area (Å²) in [5.74, 6) is 0.198. The van der Waals surface area contributed by atoms with E-state index in [2.05, 4.69) is 34.9 Å². The number of hydrogen-bond donors (Lipinski definition) is 2. The third-order valence-electron chi connectivity index (χ3n) is 3.83. The fourth-order valence-corrected chi connectivity index (χ4v) is 2.88. The van der Waals surface area contributed by atoms with Gasteiger partial charge in [0.15, 0.2) is 0 Å². The molecule has 1 aliphatic carbocycles. The Hall–Kier alpha value is -1.35. The van der Waals surface area contributed by atoms with Crippen molar-refractivity contribution < 1.29 is 4.79 Å². The molecule has 17 heavy (non-hydrogen) atoms. The molecule has 2 N–H and O–H groups in total. The number of hydrogen-bond acceptors (Lipinski definition) is 2. The summed E-state index contributed by atoms with van der Waals surface area (Å²) in [6.07, 6.45) is 4.01. The van der Waals surface area contributed by atoms with Crippen LogP contribution in [0.2, 0.25) is 0 Å². The molecule has 0 spiro atoms. The maximum Gasteiger partial charge on any atom is 0.220 e. The lowest BCUT2D eigenvalue weighted by molar-refractivity contribution is -0.119. The highest BCUT2D eigenvalue weighted by Gasteiger charge is 2.25. The van der Waals surface area contributed by atoms with Gasteiger partial charge in [0.25, 0.3) is 0 Å². The Kier molecular flexibility index (Phi) is 2.85. The molecule has 1 fully saturated rings. The van der Waals surface area contributed by atoms with Crippen LogP contribution in [-0.2, 0) is 11.2 Å². The highest BCUT2D eigenvalue weighted by Crippen LogP contribution is 2.30. The van der Waals surface area contributed by atoms with E-state index in [1.165, 1.54) is 24.0 Å². The summed E-state index contributed by atoms with van der Waals surface area (Å²) in [4.78, 5) is 11.1. The second-order valence-electron chi connectivity index (χ2n) is 5.00. The van der Waals surface area contributed by atoms with Crippen LogP contribution in [0.5, 0.6) is 0 Å². The van der Waals surface area contributed by atoms with E-state index >= 15 is 0 Å². The molecule has 0 saturated carbocycles. The molecule has 1 aliphatic heterocycles. The van der Waals surface area contributed by atoms with Crippen LogP contribution in [0.3, 0.4) is 0 Å². The SMILES string of the molecule is O=C1CCC(CNC2CCc3ccccc32)N1. The van der Waals surface area contributed by atoms with Crippen molar-refractivity contribution in [1.29, 1.82) is 0 Å². The Balaban J connectivity index is 1.59. The minimum absolute atomic E-state index is 0.198. The maximum atomic E-state index is 11.1. The molecular weight excluding hydrogens is 212 g/mol. The number of aryl methyl sites for hydroxylation is 1. The van der Waals surface area contributed by atoms with Crippen molar-refractivity contribution in [2.24, 2.45) is 0 Å². The lowest BCUT2D eigenvalue weighted by Crippen LogP contribution is -2.36. The molecule has 0 radical (unpaired) electrons. The number of rotatable bonds is 3. The van der Waals surface area contributed by atoms with Gasteiger partial charge in [-0.1, -0.05) is 24.3 Å². The second-order valence-corrected chi connectivity index (χ2v) is 5.00. The number of carbonyl (C=O) groups excluding carboxylic acids is 1. The Morgan fingerprint density at radius 2 is 2.12 bits per heavy atom. The molecule has 90 valence electrons. The van der Waals surface area contributed by atoms with E-state index in [-0.39, 0.29) is 5.91 Å². The first kappa shape index (κ1) is 10.8. The fourth-order valence-electron chi connectivity index (χ4n) is 2.88. The molecule has 2 unspecified atom stereocenters. The van der Waals surface area contributed by atoms with Gasteiger partial charge in [0.05, 0.1) is 0 Å². The molecule has 1 aromatic rings. The van der Waals surface area contributed by atoms with Gasteiger partial charge in [0, 0.05) is 25.0 Å². The molecule has 3 rings (SSSR count). The first-order valence-electron chi connectivity index (χ1n) is 6.43. The summed E-state index contributed by atoms with van der Waals surface area (Å²) in [6.45, 7) is 0.894. The van der Waals surface area contributed by atoms with E-state index in [0.29, 0.717) is 18.5 Å². The lowest BCUT2D eigenvalue weighted by atomic mass is 10.1. The summed E-state index contributed by atoms with van der Waals surface area (Å²) in [7, 11) is 0. The largest absolute Gasteiger partial charge is 0.352 e. The van der Waals surface area contributed by atoms with Crippen molar-refractivity contribution in [2.75, 3.05) is 6.54 Å². The smallest absolute Gasteiger partial charge is 0.220 e. The fraction of sp³-hybridized carbons (Fsp3) is 0.500. The Bertz CT molecular complexity index is 430. The second kappa shape index (κ2) is 4.49. The minimum atomic E-state index is 0.198. The summed E-state index contributed by atoms with van der Waals surface area (Å²) < 4.78 is 0. The van der Waals surface area contributed by atoms with Crippen molar-refractivity contribution in [1.82, 2.24) is 10.6 Å². The van der Waals surface area contributed by atoms with E-state index in [1.54, 1.807) is 0 Å². The van der Waals surface area contributed by atoms with Crippen molar-refractivity contribution in [3.8, 4) is 0 Å². The molecular formula is C14H18N2O. The van der Waals surface area contributed by atoms with Gasteiger partial charge in [-0.2, -0.15) is 0 Å². The normalized spacial score (nSPS) is 26.9. The van der Waals surface area contributed by atoms with E-state index in [0.717, 1.165) is 13.0 Å². The molecule has 1 saturated heterocycles. The average molecular weight is 230 g/mol. The molecule has 2 aliphatic rings.